The van der Waals surface area contributed by atoms with Gasteiger partial charge in [0, 0.05) is 13.2 Å². The highest BCUT2D eigenvalue weighted by Gasteiger charge is 2.26. The van der Waals surface area contributed by atoms with Crippen molar-refractivity contribution in [3.05, 3.63) is 18.0 Å². The second kappa shape index (κ2) is 5.47. The molecule has 6 heteroatoms. The number of nitrogens with zero attached hydrogens (tertiary/aromatic N) is 2. The van der Waals surface area contributed by atoms with Gasteiger partial charge in [-0.05, 0) is 12.0 Å². The number of carbonyl (C=O) groups excluding carboxylic acids is 1. The Hall–Kier alpha value is -1.85. The molecule has 0 saturated heterocycles. The molecule has 0 spiro atoms. The summed E-state index contributed by atoms with van der Waals surface area (Å²) in [6.07, 6.45) is 2.31. The summed E-state index contributed by atoms with van der Waals surface area (Å²) in [6, 6.07) is 0.666. The topological polar surface area (TPSA) is 84.2 Å². The predicted octanol–water partition coefficient (Wildman–Crippen LogP) is 0.649. The van der Waals surface area contributed by atoms with Gasteiger partial charge in [0.15, 0.2) is 0 Å². The Morgan fingerprint density at radius 1 is 1.59 bits per heavy atom. The Labute approximate surface area is 99.6 Å². The van der Waals surface area contributed by atoms with Crippen LogP contribution in [0.5, 0.6) is 0 Å². The number of nitrogens with one attached hydrogen (secondary N) is 1. The van der Waals surface area contributed by atoms with E-state index in [0.717, 1.165) is 0 Å². The first kappa shape index (κ1) is 13.2. The number of carbonyl (C=O) groups is 2. The second-order valence-corrected chi connectivity index (χ2v) is 4.05. The highest BCUT2D eigenvalue weighted by Crippen LogP contribution is 2.08. The minimum atomic E-state index is -1.02. The SMILES string of the molecule is CCC(C)C(NC(=O)c1ccn(C)n1)C(=O)O. The van der Waals surface area contributed by atoms with Crippen molar-refractivity contribution in [1.29, 1.82) is 0 Å². The molecule has 0 bridgehead atoms. The number of carboxylic acid groups (broad SMARTS) is 1. The first-order valence-corrected chi connectivity index (χ1v) is 5.49. The minimum absolute atomic E-state index is 0.125. The maximum absolute atomic E-state index is 11.7. The fraction of sp³-hybridized carbons (Fsp3) is 0.545. The molecule has 0 fully saturated rings. The molecule has 0 aromatic carbocycles. The van der Waals surface area contributed by atoms with Gasteiger partial charge >= 0.3 is 5.97 Å². The van der Waals surface area contributed by atoms with Crippen LogP contribution < -0.4 is 5.32 Å². The number of amides is 1. The maximum Gasteiger partial charge on any atom is 0.326 e. The van der Waals surface area contributed by atoms with E-state index in [1.807, 2.05) is 6.92 Å². The molecule has 1 rings (SSSR count). The number of hydrogen-bond acceptors (Lipinski definition) is 3. The number of hydrogen-bond donors (Lipinski definition) is 2. The third kappa shape index (κ3) is 3.30. The lowest BCUT2D eigenvalue weighted by molar-refractivity contribution is -0.140. The van der Waals surface area contributed by atoms with Crippen LogP contribution in [0.2, 0.25) is 0 Å². The largest absolute Gasteiger partial charge is 0.480 e. The molecule has 2 N–H and O–H groups in total. The zero-order valence-corrected chi connectivity index (χ0v) is 10.2. The van der Waals surface area contributed by atoms with Gasteiger partial charge in [-0.1, -0.05) is 20.3 Å². The van der Waals surface area contributed by atoms with E-state index in [2.05, 4.69) is 10.4 Å². The van der Waals surface area contributed by atoms with Gasteiger partial charge in [-0.2, -0.15) is 5.10 Å². The zero-order valence-electron chi connectivity index (χ0n) is 10.2. The van der Waals surface area contributed by atoms with Gasteiger partial charge in [-0.15, -0.1) is 0 Å². The van der Waals surface area contributed by atoms with E-state index in [1.165, 1.54) is 4.68 Å². The van der Waals surface area contributed by atoms with Crippen molar-refractivity contribution < 1.29 is 14.7 Å². The highest BCUT2D eigenvalue weighted by atomic mass is 16.4. The molecule has 0 radical (unpaired) electrons. The molecule has 0 aliphatic heterocycles. The minimum Gasteiger partial charge on any atom is -0.480 e. The molecule has 6 nitrogen and oxygen atoms in total. The van der Waals surface area contributed by atoms with Crippen molar-refractivity contribution in [3.63, 3.8) is 0 Å². The molecule has 1 heterocycles. The quantitative estimate of drug-likeness (QED) is 0.790. The van der Waals surface area contributed by atoms with Crippen LogP contribution in [0.15, 0.2) is 12.3 Å². The lowest BCUT2D eigenvalue weighted by atomic mass is 9.99. The van der Waals surface area contributed by atoms with Crippen LogP contribution in [0.4, 0.5) is 0 Å². The molecular formula is C11H17N3O3. The highest BCUT2D eigenvalue weighted by molar-refractivity contribution is 5.94. The van der Waals surface area contributed by atoms with Gasteiger partial charge in [-0.25, -0.2) is 4.79 Å². The number of aromatic nitrogens is 2. The Kier molecular flexibility index (Phi) is 4.25. The average Bonchev–Trinajstić information content (AvgIpc) is 2.71. The van der Waals surface area contributed by atoms with E-state index in [0.29, 0.717) is 6.42 Å². The molecule has 2 unspecified atom stereocenters. The Balaban J connectivity index is 2.74. The van der Waals surface area contributed by atoms with E-state index in [9.17, 15) is 9.59 Å². The van der Waals surface area contributed by atoms with Crippen molar-refractivity contribution in [1.82, 2.24) is 15.1 Å². The molecule has 0 saturated carbocycles. The number of aliphatic carboxylic acids is 1. The van der Waals surface area contributed by atoms with Crippen molar-refractivity contribution in [3.8, 4) is 0 Å². The van der Waals surface area contributed by atoms with Gasteiger partial charge < -0.3 is 10.4 Å². The summed E-state index contributed by atoms with van der Waals surface area (Å²) in [5.74, 6) is -1.61. The molecule has 94 valence electrons. The third-order valence-corrected chi connectivity index (χ3v) is 2.71. The third-order valence-electron chi connectivity index (χ3n) is 2.71. The van der Waals surface area contributed by atoms with E-state index < -0.39 is 17.9 Å². The monoisotopic (exact) mass is 239 g/mol. The van der Waals surface area contributed by atoms with Crippen LogP contribution in [0.1, 0.15) is 30.8 Å². The van der Waals surface area contributed by atoms with Gasteiger partial charge in [0.2, 0.25) is 0 Å². The number of rotatable bonds is 5. The summed E-state index contributed by atoms with van der Waals surface area (Å²) in [7, 11) is 1.69. The summed E-state index contributed by atoms with van der Waals surface area (Å²) < 4.78 is 1.49. The number of aryl methyl sites for hydroxylation is 1. The lowest BCUT2D eigenvalue weighted by Crippen LogP contribution is -2.45. The van der Waals surface area contributed by atoms with Crippen LogP contribution in [-0.4, -0.2) is 32.8 Å². The molecule has 2 atom stereocenters. The molecule has 1 aromatic rings. The second-order valence-electron chi connectivity index (χ2n) is 4.05. The lowest BCUT2D eigenvalue weighted by Gasteiger charge is -2.19. The standard InChI is InChI=1S/C11H17N3O3/c1-4-7(2)9(11(16)17)12-10(15)8-5-6-14(3)13-8/h5-7,9H,4H2,1-3H3,(H,12,15)(H,16,17). The summed E-state index contributed by atoms with van der Waals surface area (Å²) in [6.45, 7) is 3.67. The maximum atomic E-state index is 11.7. The molecule has 0 aliphatic carbocycles. The molecule has 1 aromatic heterocycles. The van der Waals surface area contributed by atoms with E-state index in [4.69, 9.17) is 5.11 Å². The van der Waals surface area contributed by atoms with Gasteiger partial charge in [0.1, 0.15) is 11.7 Å². The summed E-state index contributed by atoms with van der Waals surface area (Å²) in [4.78, 5) is 22.8. The van der Waals surface area contributed by atoms with E-state index in [-0.39, 0.29) is 11.6 Å². The first-order valence-electron chi connectivity index (χ1n) is 5.49. The van der Waals surface area contributed by atoms with Crippen molar-refractivity contribution in [2.75, 3.05) is 0 Å². The average molecular weight is 239 g/mol. The molecular weight excluding hydrogens is 222 g/mol. The summed E-state index contributed by atoms with van der Waals surface area (Å²) in [5.41, 5.74) is 0.224. The van der Waals surface area contributed by atoms with Crippen LogP contribution in [-0.2, 0) is 11.8 Å². The predicted molar refractivity (Wildman–Crippen MR) is 61.6 cm³/mol. The van der Waals surface area contributed by atoms with Gasteiger partial charge in [0.05, 0.1) is 0 Å². The van der Waals surface area contributed by atoms with Crippen molar-refractivity contribution in [2.24, 2.45) is 13.0 Å². The van der Waals surface area contributed by atoms with Gasteiger partial charge in [-0.3, -0.25) is 9.48 Å². The number of carboxylic acids is 1. The van der Waals surface area contributed by atoms with E-state index in [1.54, 1.807) is 26.2 Å². The Morgan fingerprint density at radius 3 is 2.65 bits per heavy atom. The fourth-order valence-corrected chi connectivity index (χ4v) is 1.43. The Morgan fingerprint density at radius 2 is 2.24 bits per heavy atom. The van der Waals surface area contributed by atoms with Crippen LogP contribution in [0.3, 0.4) is 0 Å². The first-order chi connectivity index (χ1) is 7.95. The molecule has 1 amide bonds. The fourth-order valence-electron chi connectivity index (χ4n) is 1.43. The normalized spacial score (nSPS) is 14.1. The van der Waals surface area contributed by atoms with Crippen LogP contribution in [0.25, 0.3) is 0 Å². The summed E-state index contributed by atoms with van der Waals surface area (Å²) in [5, 5.41) is 15.4. The van der Waals surface area contributed by atoms with E-state index >= 15 is 0 Å². The van der Waals surface area contributed by atoms with Crippen LogP contribution >= 0.6 is 0 Å². The molecule has 17 heavy (non-hydrogen) atoms. The van der Waals surface area contributed by atoms with Gasteiger partial charge in [0.25, 0.3) is 5.91 Å². The smallest absolute Gasteiger partial charge is 0.326 e. The molecule has 0 aliphatic rings. The van der Waals surface area contributed by atoms with Crippen molar-refractivity contribution >= 4 is 11.9 Å². The van der Waals surface area contributed by atoms with Crippen molar-refractivity contribution in [2.45, 2.75) is 26.3 Å². The Bertz CT molecular complexity index is 414. The zero-order chi connectivity index (χ0) is 13.0. The summed E-state index contributed by atoms with van der Waals surface area (Å²) >= 11 is 0. The van der Waals surface area contributed by atoms with Crippen LogP contribution in [0, 0.1) is 5.92 Å².